The van der Waals surface area contributed by atoms with Crippen molar-refractivity contribution in [1.82, 2.24) is 19.2 Å². The quantitative estimate of drug-likeness (QED) is 0.607. The lowest BCUT2D eigenvalue weighted by Gasteiger charge is -2.09. The molecule has 4 rings (SSSR count). The maximum Gasteiger partial charge on any atom is 0.274 e. The van der Waals surface area contributed by atoms with E-state index in [1.807, 2.05) is 37.3 Å². The molecule has 3 aromatic heterocycles. The highest BCUT2D eigenvalue weighted by Gasteiger charge is 2.16. The number of aryl methyl sites for hydroxylation is 1. The summed E-state index contributed by atoms with van der Waals surface area (Å²) in [5, 5.41) is 6.81. The van der Waals surface area contributed by atoms with Gasteiger partial charge in [0.05, 0.1) is 12.7 Å². The largest absolute Gasteiger partial charge is 0.317 e. The fourth-order valence-corrected chi connectivity index (χ4v) is 2.85. The number of nitrogens with one attached hydrogen (secondary N) is 1. The highest BCUT2D eigenvalue weighted by molar-refractivity contribution is 6.08. The first-order valence-electron chi connectivity index (χ1n) is 8.47. The number of hydrogen-bond acceptors (Lipinski definition) is 4. The Morgan fingerprint density at radius 1 is 1.07 bits per heavy atom. The third-order valence-corrected chi connectivity index (χ3v) is 4.22. The lowest BCUT2D eigenvalue weighted by atomic mass is 10.2. The monoisotopic (exact) mass is 359 g/mol. The van der Waals surface area contributed by atoms with E-state index in [0.29, 0.717) is 17.8 Å². The van der Waals surface area contributed by atoms with Gasteiger partial charge >= 0.3 is 0 Å². The zero-order valence-corrected chi connectivity index (χ0v) is 14.7. The van der Waals surface area contributed by atoms with Gasteiger partial charge in [-0.1, -0.05) is 30.3 Å². The van der Waals surface area contributed by atoms with Gasteiger partial charge in [0.2, 0.25) is 0 Å². The number of pyridine rings is 1. The number of nitrogens with zero attached hydrogens (tertiary/aromatic N) is 4. The van der Waals surface area contributed by atoms with Crippen LogP contribution in [0, 0.1) is 6.92 Å². The Morgan fingerprint density at radius 2 is 1.89 bits per heavy atom. The Hall–Kier alpha value is -3.74. The number of rotatable bonds is 4. The molecule has 0 spiro atoms. The molecular formula is C20H17N5O2. The van der Waals surface area contributed by atoms with Crippen LogP contribution in [0.25, 0.3) is 5.65 Å². The van der Waals surface area contributed by atoms with E-state index in [2.05, 4.69) is 15.4 Å². The number of aromatic nitrogens is 4. The molecule has 1 amide bonds. The standard InChI is InChI=1S/C20H17N5O2/c1-14-9-11-25-18(22-14)16(12-21-25)19(26)23-17-8-5-10-24(20(17)27)13-15-6-3-2-4-7-15/h2-12H,13H2,1H3,(H,23,26). The average Bonchev–Trinajstić information content (AvgIpc) is 3.09. The van der Waals surface area contributed by atoms with Crippen LogP contribution in [0.2, 0.25) is 0 Å². The van der Waals surface area contributed by atoms with Crippen LogP contribution >= 0.6 is 0 Å². The van der Waals surface area contributed by atoms with Crippen molar-refractivity contribution in [3.63, 3.8) is 0 Å². The van der Waals surface area contributed by atoms with E-state index in [9.17, 15) is 9.59 Å². The third-order valence-electron chi connectivity index (χ3n) is 4.22. The molecule has 0 saturated carbocycles. The second kappa shape index (κ2) is 6.87. The van der Waals surface area contributed by atoms with Crippen molar-refractivity contribution in [1.29, 1.82) is 0 Å². The topological polar surface area (TPSA) is 81.3 Å². The van der Waals surface area contributed by atoms with Gasteiger partial charge in [0.25, 0.3) is 11.5 Å². The first-order chi connectivity index (χ1) is 13.1. The number of carbonyl (C=O) groups excluding carboxylic acids is 1. The molecule has 0 aliphatic heterocycles. The molecule has 27 heavy (non-hydrogen) atoms. The first kappa shape index (κ1) is 16.7. The van der Waals surface area contributed by atoms with Gasteiger partial charge < -0.3 is 9.88 Å². The second-order valence-corrected chi connectivity index (χ2v) is 6.19. The summed E-state index contributed by atoms with van der Waals surface area (Å²) in [6, 6.07) is 14.8. The van der Waals surface area contributed by atoms with E-state index in [4.69, 9.17) is 0 Å². The van der Waals surface area contributed by atoms with Gasteiger partial charge in [-0.2, -0.15) is 5.10 Å². The van der Waals surface area contributed by atoms with Crippen LogP contribution in [-0.4, -0.2) is 25.1 Å². The minimum absolute atomic E-state index is 0.213. The normalized spacial score (nSPS) is 10.9. The van der Waals surface area contributed by atoms with Gasteiger partial charge in [-0.05, 0) is 30.7 Å². The highest BCUT2D eigenvalue weighted by atomic mass is 16.2. The molecule has 3 heterocycles. The van der Waals surface area contributed by atoms with E-state index >= 15 is 0 Å². The molecule has 0 atom stereocenters. The summed E-state index contributed by atoms with van der Waals surface area (Å²) in [7, 11) is 0. The molecule has 1 N–H and O–H groups in total. The summed E-state index contributed by atoms with van der Waals surface area (Å²) in [5.41, 5.74) is 2.50. The molecule has 0 radical (unpaired) electrons. The first-order valence-corrected chi connectivity index (χ1v) is 8.47. The van der Waals surface area contributed by atoms with Crippen molar-refractivity contribution in [3.8, 4) is 0 Å². The van der Waals surface area contributed by atoms with Gasteiger partial charge in [0.15, 0.2) is 5.65 Å². The second-order valence-electron chi connectivity index (χ2n) is 6.19. The number of amides is 1. The molecular weight excluding hydrogens is 342 g/mol. The van der Waals surface area contributed by atoms with E-state index in [1.165, 1.54) is 10.7 Å². The van der Waals surface area contributed by atoms with Crippen molar-refractivity contribution < 1.29 is 4.79 Å². The molecule has 0 bridgehead atoms. The fourth-order valence-electron chi connectivity index (χ4n) is 2.85. The Labute approximate surface area is 154 Å². The van der Waals surface area contributed by atoms with Crippen LogP contribution in [0.1, 0.15) is 21.6 Å². The van der Waals surface area contributed by atoms with Gasteiger partial charge in [0.1, 0.15) is 11.3 Å². The molecule has 134 valence electrons. The van der Waals surface area contributed by atoms with Crippen LogP contribution in [0.4, 0.5) is 5.69 Å². The molecule has 0 aliphatic rings. The van der Waals surface area contributed by atoms with Crippen molar-refractivity contribution in [3.05, 3.63) is 94.3 Å². The van der Waals surface area contributed by atoms with E-state index in [-0.39, 0.29) is 11.2 Å². The maximum atomic E-state index is 12.7. The van der Waals surface area contributed by atoms with E-state index < -0.39 is 5.91 Å². The number of benzene rings is 1. The Kier molecular flexibility index (Phi) is 4.25. The molecule has 1 aromatic carbocycles. The summed E-state index contributed by atoms with van der Waals surface area (Å²) >= 11 is 0. The zero-order chi connectivity index (χ0) is 18.8. The summed E-state index contributed by atoms with van der Waals surface area (Å²) in [6.07, 6.45) is 4.89. The lowest BCUT2D eigenvalue weighted by molar-refractivity contribution is 0.102. The summed E-state index contributed by atoms with van der Waals surface area (Å²) < 4.78 is 3.09. The van der Waals surface area contributed by atoms with E-state index in [0.717, 1.165) is 11.3 Å². The van der Waals surface area contributed by atoms with Crippen molar-refractivity contribution >= 4 is 17.2 Å². The van der Waals surface area contributed by atoms with Crippen LogP contribution in [-0.2, 0) is 6.54 Å². The van der Waals surface area contributed by atoms with Crippen LogP contribution in [0.15, 0.2) is 71.9 Å². The van der Waals surface area contributed by atoms with E-state index in [1.54, 1.807) is 35.2 Å². The smallest absolute Gasteiger partial charge is 0.274 e. The Morgan fingerprint density at radius 3 is 2.70 bits per heavy atom. The van der Waals surface area contributed by atoms with Crippen molar-refractivity contribution in [2.24, 2.45) is 0 Å². The van der Waals surface area contributed by atoms with Crippen LogP contribution in [0.5, 0.6) is 0 Å². The predicted molar refractivity (Wildman–Crippen MR) is 102 cm³/mol. The van der Waals surface area contributed by atoms with Gasteiger partial charge in [-0.15, -0.1) is 0 Å². The molecule has 4 aromatic rings. The Balaban J connectivity index is 1.62. The van der Waals surface area contributed by atoms with Gasteiger partial charge in [-0.25, -0.2) is 9.50 Å². The third kappa shape index (κ3) is 3.35. The average molecular weight is 359 g/mol. The minimum atomic E-state index is -0.419. The number of fused-ring (bicyclic) bond motifs is 1. The maximum absolute atomic E-state index is 12.7. The van der Waals surface area contributed by atoms with Gasteiger partial charge in [-0.3, -0.25) is 9.59 Å². The predicted octanol–water partition coefficient (Wildman–Crippen LogP) is 2.50. The van der Waals surface area contributed by atoms with Crippen molar-refractivity contribution in [2.75, 3.05) is 5.32 Å². The Bertz CT molecular complexity index is 1180. The molecule has 0 fully saturated rings. The van der Waals surface area contributed by atoms with Crippen LogP contribution < -0.4 is 10.9 Å². The SMILES string of the molecule is Cc1ccn2ncc(C(=O)Nc3cccn(Cc4ccccc4)c3=O)c2n1. The molecule has 0 unspecified atom stereocenters. The van der Waals surface area contributed by atoms with Crippen LogP contribution in [0.3, 0.4) is 0 Å². The summed E-state index contributed by atoms with van der Waals surface area (Å²) in [4.78, 5) is 29.7. The summed E-state index contributed by atoms with van der Waals surface area (Å²) in [5.74, 6) is -0.419. The molecule has 7 heteroatoms. The highest BCUT2D eigenvalue weighted by Crippen LogP contribution is 2.11. The number of hydrogen-bond donors (Lipinski definition) is 1. The van der Waals surface area contributed by atoms with Crippen molar-refractivity contribution in [2.45, 2.75) is 13.5 Å². The molecule has 0 saturated heterocycles. The summed E-state index contributed by atoms with van der Waals surface area (Å²) in [6.45, 7) is 2.27. The molecule has 7 nitrogen and oxygen atoms in total. The number of carbonyl (C=O) groups is 1. The molecule has 0 aliphatic carbocycles. The zero-order valence-electron chi connectivity index (χ0n) is 14.7. The van der Waals surface area contributed by atoms with Gasteiger partial charge in [0, 0.05) is 18.1 Å². The lowest BCUT2D eigenvalue weighted by Crippen LogP contribution is -2.25. The number of anilines is 1. The fraction of sp³-hybridized carbons (Fsp3) is 0.100. The minimum Gasteiger partial charge on any atom is -0.317 e.